The SMILES string of the molecule is C#CC(C)Oc1ccc(Br)cc1. The Morgan fingerprint density at radius 2 is 2.00 bits per heavy atom. The van der Waals surface area contributed by atoms with Crippen LogP contribution >= 0.6 is 15.9 Å². The van der Waals surface area contributed by atoms with Crippen LogP contribution in [0, 0.1) is 12.3 Å². The zero-order valence-corrected chi connectivity index (χ0v) is 8.34. The van der Waals surface area contributed by atoms with Crippen LogP contribution in [0.2, 0.25) is 0 Å². The summed E-state index contributed by atoms with van der Waals surface area (Å²) in [6.45, 7) is 1.84. The molecule has 12 heavy (non-hydrogen) atoms. The maximum Gasteiger partial charge on any atom is 0.156 e. The van der Waals surface area contributed by atoms with Crippen molar-refractivity contribution in [3.63, 3.8) is 0 Å². The zero-order valence-electron chi connectivity index (χ0n) is 6.75. The van der Waals surface area contributed by atoms with Gasteiger partial charge in [0, 0.05) is 4.47 Å². The van der Waals surface area contributed by atoms with Gasteiger partial charge in [0.1, 0.15) is 5.75 Å². The first kappa shape index (κ1) is 9.15. The molecule has 1 nitrogen and oxygen atoms in total. The van der Waals surface area contributed by atoms with E-state index in [0.29, 0.717) is 0 Å². The molecule has 1 rings (SSSR count). The van der Waals surface area contributed by atoms with Crippen LogP contribution in [-0.4, -0.2) is 6.10 Å². The van der Waals surface area contributed by atoms with E-state index >= 15 is 0 Å². The monoisotopic (exact) mass is 224 g/mol. The average Bonchev–Trinajstić information content (AvgIpc) is 2.09. The second kappa shape index (κ2) is 4.18. The Labute approximate surface area is 80.9 Å². The fraction of sp³-hybridized carbons (Fsp3) is 0.200. The van der Waals surface area contributed by atoms with Crippen molar-refractivity contribution in [3.05, 3.63) is 28.7 Å². The van der Waals surface area contributed by atoms with E-state index in [9.17, 15) is 0 Å². The van der Waals surface area contributed by atoms with E-state index in [2.05, 4.69) is 21.9 Å². The first-order valence-corrected chi connectivity index (χ1v) is 4.40. The third-order valence-corrected chi connectivity index (χ3v) is 1.89. The van der Waals surface area contributed by atoms with E-state index in [1.165, 1.54) is 0 Å². The second-order valence-electron chi connectivity index (χ2n) is 2.38. The number of ether oxygens (including phenoxy) is 1. The molecule has 1 aromatic rings. The number of terminal acetylenes is 1. The van der Waals surface area contributed by atoms with Crippen molar-refractivity contribution in [2.24, 2.45) is 0 Å². The topological polar surface area (TPSA) is 9.23 Å². The lowest BCUT2D eigenvalue weighted by Gasteiger charge is -2.07. The highest BCUT2D eigenvalue weighted by Gasteiger charge is 1.97. The first-order valence-electron chi connectivity index (χ1n) is 3.60. The minimum absolute atomic E-state index is 0.175. The van der Waals surface area contributed by atoms with Gasteiger partial charge in [-0.15, -0.1) is 6.42 Å². The third kappa shape index (κ3) is 2.60. The highest BCUT2D eigenvalue weighted by atomic mass is 79.9. The van der Waals surface area contributed by atoms with Crippen LogP contribution in [0.3, 0.4) is 0 Å². The summed E-state index contributed by atoms with van der Waals surface area (Å²) in [4.78, 5) is 0. The average molecular weight is 225 g/mol. The van der Waals surface area contributed by atoms with Gasteiger partial charge in [-0.05, 0) is 31.2 Å². The van der Waals surface area contributed by atoms with Gasteiger partial charge in [-0.1, -0.05) is 21.9 Å². The fourth-order valence-electron chi connectivity index (χ4n) is 0.751. The van der Waals surface area contributed by atoms with Gasteiger partial charge in [-0.25, -0.2) is 0 Å². The molecule has 0 aliphatic carbocycles. The van der Waals surface area contributed by atoms with Crippen LogP contribution in [0.5, 0.6) is 5.75 Å². The third-order valence-electron chi connectivity index (χ3n) is 1.36. The molecule has 0 heterocycles. The lowest BCUT2D eigenvalue weighted by atomic mass is 10.3. The molecule has 0 radical (unpaired) electrons. The van der Waals surface area contributed by atoms with E-state index in [1.807, 2.05) is 31.2 Å². The summed E-state index contributed by atoms with van der Waals surface area (Å²) >= 11 is 3.33. The smallest absolute Gasteiger partial charge is 0.156 e. The maximum atomic E-state index is 5.36. The van der Waals surface area contributed by atoms with E-state index in [-0.39, 0.29) is 6.10 Å². The Kier molecular flexibility index (Phi) is 3.19. The van der Waals surface area contributed by atoms with E-state index in [1.54, 1.807) is 0 Å². The molecule has 2 heteroatoms. The summed E-state index contributed by atoms with van der Waals surface area (Å²) < 4.78 is 6.39. The molecule has 1 atom stereocenters. The normalized spacial score (nSPS) is 11.8. The number of rotatable bonds is 2. The van der Waals surface area contributed by atoms with Crippen LogP contribution in [-0.2, 0) is 0 Å². The molecule has 0 aliphatic heterocycles. The molecule has 0 saturated heterocycles. The molecule has 62 valence electrons. The molecule has 0 saturated carbocycles. The standard InChI is InChI=1S/C10H9BrO/c1-3-8(2)12-10-6-4-9(11)5-7-10/h1,4-8H,2H3. The van der Waals surface area contributed by atoms with Gasteiger partial charge < -0.3 is 4.74 Å². The Morgan fingerprint density at radius 1 is 1.42 bits per heavy atom. The van der Waals surface area contributed by atoms with Crippen molar-refractivity contribution in [2.75, 3.05) is 0 Å². The summed E-state index contributed by atoms with van der Waals surface area (Å²) in [6.07, 6.45) is 4.99. The zero-order chi connectivity index (χ0) is 8.97. The van der Waals surface area contributed by atoms with E-state index in [4.69, 9.17) is 11.2 Å². The van der Waals surface area contributed by atoms with Crippen molar-refractivity contribution >= 4 is 15.9 Å². The summed E-state index contributed by atoms with van der Waals surface area (Å²) in [5, 5.41) is 0. The van der Waals surface area contributed by atoms with Crippen LogP contribution in [0.4, 0.5) is 0 Å². The Bertz CT molecular complexity index is 284. The van der Waals surface area contributed by atoms with Gasteiger partial charge in [-0.2, -0.15) is 0 Å². The molecule has 0 amide bonds. The Morgan fingerprint density at radius 3 is 2.50 bits per heavy atom. The summed E-state index contributed by atoms with van der Waals surface area (Å²) in [5.41, 5.74) is 0. The van der Waals surface area contributed by atoms with Gasteiger partial charge in [0.15, 0.2) is 6.10 Å². The Hall–Kier alpha value is -0.940. The second-order valence-corrected chi connectivity index (χ2v) is 3.30. The molecular formula is C10H9BrO. The van der Waals surface area contributed by atoms with Crippen molar-refractivity contribution in [1.82, 2.24) is 0 Å². The van der Waals surface area contributed by atoms with Crippen molar-refractivity contribution in [3.8, 4) is 18.1 Å². The van der Waals surface area contributed by atoms with E-state index in [0.717, 1.165) is 10.2 Å². The molecular weight excluding hydrogens is 216 g/mol. The first-order chi connectivity index (χ1) is 5.72. The highest BCUT2D eigenvalue weighted by Crippen LogP contribution is 2.16. The van der Waals surface area contributed by atoms with Crippen LogP contribution in [0.25, 0.3) is 0 Å². The predicted molar refractivity (Wildman–Crippen MR) is 53.1 cm³/mol. The van der Waals surface area contributed by atoms with Gasteiger partial charge in [0.2, 0.25) is 0 Å². The van der Waals surface area contributed by atoms with Crippen molar-refractivity contribution in [1.29, 1.82) is 0 Å². The number of benzene rings is 1. The number of hydrogen-bond acceptors (Lipinski definition) is 1. The summed E-state index contributed by atoms with van der Waals surface area (Å²) in [5.74, 6) is 3.29. The Balaban J connectivity index is 2.66. The predicted octanol–water partition coefficient (Wildman–Crippen LogP) is 2.85. The fourth-order valence-corrected chi connectivity index (χ4v) is 1.02. The lowest BCUT2D eigenvalue weighted by Crippen LogP contribution is -2.07. The summed E-state index contributed by atoms with van der Waals surface area (Å²) in [7, 11) is 0. The number of hydrogen-bond donors (Lipinski definition) is 0. The van der Waals surface area contributed by atoms with Crippen LogP contribution in [0.15, 0.2) is 28.7 Å². The van der Waals surface area contributed by atoms with Gasteiger partial charge in [0.25, 0.3) is 0 Å². The molecule has 0 N–H and O–H groups in total. The van der Waals surface area contributed by atoms with Crippen LogP contribution in [0.1, 0.15) is 6.92 Å². The minimum atomic E-state index is -0.175. The van der Waals surface area contributed by atoms with Gasteiger partial charge in [-0.3, -0.25) is 0 Å². The molecule has 0 spiro atoms. The van der Waals surface area contributed by atoms with Crippen molar-refractivity contribution in [2.45, 2.75) is 13.0 Å². The summed E-state index contributed by atoms with van der Waals surface area (Å²) in [6, 6.07) is 7.58. The van der Waals surface area contributed by atoms with Crippen molar-refractivity contribution < 1.29 is 4.74 Å². The molecule has 0 aromatic heterocycles. The minimum Gasteiger partial charge on any atom is -0.478 e. The maximum absolute atomic E-state index is 5.36. The molecule has 1 aromatic carbocycles. The van der Waals surface area contributed by atoms with E-state index < -0.39 is 0 Å². The lowest BCUT2D eigenvalue weighted by molar-refractivity contribution is 0.279. The molecule has 0 bridgehead atoms. The quantitative estimate of drug-likeness (QED) is 0.703. The van der Waals surface area contributed by atoms with Gasteiger partial charge >= 0.3 is 0 Å². The largest absolute Gasteiger partial charge is 0.478 e. The van der Waals surface area contributed by atoms with Crippen LogP contribution < -0.4 is 4.74 Å². The molecule has 0 fully saturated rings. The molecule has 1 unspecified atom stereocenters. The molecule has 0 aliphatic rings. The van der Waals surface area contributed by atoms with Gasteiger partial charge in [0.05, 0.1) is 0 Å². The number of halogens is 1. The highest BCUT2D eigenvalue weighted by molar-refractivity contribution is 9.10.